The molecule has 2 heteroatoms. The number of fused-ring (bicyclic) bond motifs is 3. The van der Waals surface area contributed by atoms with E-state index >= 15 is 0 Å². The normalized spacial score (nSPS) is 32.1. The number of hydrogen-bond acceptors (Lipinski definition) is 1. The zero-order valence-electron chi connectivity index (χ0n) is 15.8. The van der Waals surface area contributed by atoms with Gasteiger partial charge in [0, 0.05) is 18.4 Å². The van der Waals surface area contributed by atoms with Crippen molar-refractivity contribution >= 4 is 0 Å². The van der Waals surface area contributed by atoms with Crippen LogP contribution in [0.4, 0.5) is 0 Å². The molecular weight excluding hydrogens is 304 g/mol. The van der Waals surface area contributed by atoms with Crippen molar-refractivity contribution in [3.63, 3.8) is 0 Å². The zero-order valence-corrected chi connectivity index (χ0v) is 15.8. The van der Waals surface area contributed by atoms with Gasteiger partial charge in [-0.3, -0.25) is 4.90 Å². The predicted octanol–water partition coefficient (Wildman–Crippen LogP) is 4.66. The number of quaternary nitrogens is 1. The maximum Gasteiger partial charge on any atom is 0.109 e. The molecule has 0 spiro atoms. The van der Waals surface area contributed by atoms with Gasteiger partial charge in [-0.05, 0) is 31.0 Å². The minimum Gasteiger partial charge on any atom is -0.324 e. The van der Waals surface area contributed by atoms with E-state index in [4.69, 9.17) is 0 Å². The molecule has 2 aliphatic rings. The molecule has 2 aromatic carbocycles. The molecule has 0 saturated carbocycles. The van der Waals surface area contributed by atoms with E-state index in [9.17, 15) is 0 Å². The van der Waals surface area contributed by atoms with Crippen LogP contribution in [0.5, 0.6) is 0 Å². The van der Waals surface area contributed by atoms with E-state index < -0.39 is 0 Å². The molecule has 0 radical (unpaired) electrons. The largest absolute Gasteiger partial charge is 0.324 e. The average Bonchev–Trinajstić information content (AvgIpc) is 2.80. The summed E-state index contributed by atoms with van der Waals surface area (Å²) in [4.78, 5) is 2.70. The fourth-order valence-corrected chi connectivity index (χ4v) is 5.61. The molecule has 4 rings (SSSR count). The smallest absolute Gasteiger partial charge is 0.109 e. The summed E-state index contributed by atoms with van der Waals surface area (Å²) in [5.74, 6) is 0.723. The molecule has 132 valence electrons. The number of likely N-dealkylation sites (tertiary alicyclic amines) is 1. The SMILES string of the molecule is CN1C(c2ccccc2)C2CCCC(C1c1ccccc1)[N+](C)(C)C2. The Labute approximate surface area is 152 Å². The second-order valence-electron chi connectivity index (χ2n) is 8.60. The summed E-state index contributed by atoms with van der Waals surface area (Å²) >= 11 is 0. The lowest BCUT2D eigenvalue weighted by Gasteiger charge is -2.43. The van der Waals surface area contributed by atoms with E-state index in [1.807, 2.05) is 0 Å². The van der Waals surface area contributed by atoms with E-state index in [1.165, 1.54) is 36.9 Å². The number of hydrogen-bond donors (Lipinski definition) is 0. The van der Waals surface area contributed by atoms with Crippen molar-refractivity contribution < 1.29 is 4.48 Å². The monoisotopic (exact) mass is 335 g/mol. The van der Waals surface area contributed by atoms with Crippen LogP contribution < -0.4 is 0 Å². The summed E-state index contributed by atoms with van der Waals surface area (Å²) in [7, 11) is 7.28. The van der Waals surface area contributed by atoms with E-state index in [0.29, 0.717) is 18.1 Å². The molecule has 2 heterocycles. The zero-order chi connectivity index (χ0) is 17.4. The Bertz CT molecular complexity index is 695. The van der Waals surface area contributed by atoms with Crippen LogP contribution in [0.2, 0.25) is 0 Å². The molecule has 2 aliphatic heterocycles. The van der Waals surface area contributed by atoms with Gasteiger partial charge >= 0.3 is 0 Å². The molecule has 0 N–H and O–H groups in total. The standard InChI is InChI=1S/C23H31N2/c1-24-22(18-11-6-4-7-12-18)20-15-10-16-21(25(2,3)17-20)23(24)19-13-8-5-9-14-19/h4-9,11-14,20-23H,10,15-17H2,1-3H3/q+1. The van der Waals surface area contributed by atoms with Gasteiger partial charge in [-0.25, -0.2) is 0 Å². The van der Waals surface area contributed by atoms with Gasteiger partial charge < -0.3 is 4.48 Å². The number of benzene rings is 2. The van der Waals surface area contributed by atoms with Crippen molar-refractivity contribution in [1.29, 1.82) is 0 Å². The molecule has 4 unspecified atom stereocenters. The maximum atomic E-state index is 2.70. The van der Waals surface area contributed by atoms with Gasteiger partial charge in [0.25, 0.3) is 0 Å². The summed E-state index contributed by atoms with van der Waals surface area (Å²) in [6.07, 6.45) is 4.04. The Morgan fingerprint density at radius 1 is 0.800 bits per heavy atom. The molecule has 2 aromatic rings. The van der Waals surface area contributed by atoms with Crippen molar-refractivity contribution in [2.24, 2.45) is 5.92 Å². The van der Waals surface area contributed by atoms with E-state index in [2.05, 4.69) is 86.7 Å². The fourth-order valence-electron chi connectivity index (χ4n) is 5.61. The van der Waals surface area contributed by atoms with Gasteiger partial charge in [-0.15, -0.1) is 0 Å². The minimum absolute atomic E-state index is 0.478. The van der Waals surface area contributed by atoms with Gasteiger partial charge in [0.05, 0.1) is 26.7 Å². The second kappa shape index (κ2) is 6.59. The van der Waals surface area contributed by atoms with Crippen molar-refractivity contribution in [3.8, 4) is 0 Å². The first kappa shape index (κ1) is 16.8. The fraction of sp³-hybridized carbons (Fsp3) is 0.478. The Hall–Kier alpha value is -1.64. The molecule has 0 amide bonds. The van der Waals surface area contributed by atoms with Crippen molar-refractivity contribution in [1.82, 2.24) is 4.90 Å². The molecule has 2 fully saturated rings. The van der Waals surface area contributed by atoms with E-state index in [0.717, 1.165) is 10.4 Å². The highest BCUT2D eigenvalue weighted by molar-refractivity contribution is 5.25. The average molecular weight is 336 g/mol. The molecule has 2 saturated heterocycles. The van der Waals surface area contributed by atoms with Crippen LogP contribution in [0.3, 0.4) is 0 Å². The van der Waals surface area contributed by atoms with Gasteiger partial charge in [0.1, 0.15) is 6.04 Å². The highest BCUT2D eigenvalue weighted by Crippen LogP contribution is 2.47. The molecule has 2 nitrogen and oxygen atoms in total. The van der Waals surface area contributed by atoms with E-state index in [-0.39, 0.29) is 0 Å². The van der Waals surface area contributed by atoms with Gasteiger partial charge in [0.2, 0.25) is 0 Å². The number of rotatable bonds is 2. The van der Waals surface area contributed by atoms with Gasteiger partial charge in [-0.2, -0.15) is 0 Å². The summed E-state index contributed by atoms with van der Waals surface area (Å²) in [5, 5.41) is 0. The quantitative estimate of drug-likeness (QED) is 0.722. The van der Waals surface area contributed by atoms with Crippen LogP contribution in [0.15, 0.2) is 60.7 Å². The molecule has 0 aliphatic carbocycles. The third-order valence-corrected chi connectivity index (χ3v) is 6.65. The maximum absolute atomic E-state index is 2.70. The van der Waals surface area contributed by atoms with Crippen LogP contribution in [-0.2, 0) is 0 Å². The Morgan fingerprint density at radius 2 is 1.36 bits per heavy atom. The van der Waals surface area contributed by atoms with Crippen molar-refractivity contribution in [2.75, 3.05) is 27.7 Å². The topological polar surface area (TPSA) is 3.24 Å². The Morgan fingerprint density at radius 3 is 1.96 bits per heavy atom. The molecule has 0 aromatic heterocycles. The highest BCUT2D eigenvalue weighted by Gasteiger charge is 2.49. The molecular formula is C23H31N2+. The third-order valence-electron chi connectivity index (χ3n) is 6.65. The van der Waals surface area contributed by atoms with Gasteiger partial charge in [-0.1, -0.05) is 60.7 Å². The van der Waals surface area contributed by atoms with Crippen LogP contribution in [0.1, 0.15) is 42.5 Å². The Balaban J connectivity index is 1.84. The number of likely N-dealkylation sites (N-methyl/N-ethyl adjacent to an activating group) is 2. The van der Waals surface area contributed by atoms with Gasteiger partial charge in [0.15, 0.2) is 0 Å². The van der Waals surface area contributed by atoms with Crippen molar-refractivity contribution in [3.05, 3.63) is 71.8 Å². The molecule has 2 bridgehead atoms. The first-order chi connectivity index (χ1) is 12.1. The summed E-state index contributed by atoms with van der Waals surface area (Å²) in [5.41, 5.74) is 2.96. The second-order valence-corrected chi connectivity index (χ2v) is 8.60. The van der Waals surface area contributed by atoms with Crippen LogP contribution in [-0.4, -0.2) is 43.1 Å². The predicted molar refractivity (Wildman–Crippen MR) is 104 cm³/mol. The third kappa shape index (κ3) is 3.02. The lowest BCUT2D eigenvalue weighted by Crippen LogP contribution is -2.52. The minimum atomic E-state index is 0.478. The van der Waals surface area contributed by atoms with Crippen molar-refractivity contribution in [2.45, 2.75) is 37.4 Å². The first-order valence-electron chi connectivity index (χ1n) is 9.72. The molecule has 4 atom stereocenters. The van der Waals surface area contributed by atoms with Crippen LogP contribution in [0.25, 0.3) is 0 Å². The lowest BCUT2D eigenvalue weighted by atomic mass is 9.84. The lowest BCUT2D eigenvalue weighted by molar-refractivity contribution is -0.918. The molecule has 25 heavy (non-hydrogen) atoms. The van der Waals surface area contributed by atoms with Crippen LogP contribution in [0, 0.1) is 5.92 Å². The Kier molecular flexibility index (Phi) is 4.43. The van der Waals surface area contributed by atoms with Crippen LogP contribution >= 0.6 is 0 Å². The van der Waals surface area contributed by atoms with E-state index in [1.54, 1.807) is 0 Å². The number of nitrogens with zero attached hydrogens (tertiary/aromatic N) is 2. The summed E-state index contributed by atoms with van der Waals surface area (Å²) in [6.45, 7) is 1.28. The first-order valence-corrected chi connectivity index (χ1v) is 9.72. The highest BCUT2D eigenvalue weighted by atomic mass is 15.4. The summed E-state index contributed by atoms with van der Waals surface area (Å²) < 4.78 is 1.14. The summed E-state index contributed by atoms with van der Waals surface area (Å²) in [6, 6.07) is 24.0.